The molecule has 0 atom stereocenters. The Bertz CT molecular complexity index is 958. The quantitative estimate of drug-likeness (QED) is 0.778. The van der Waals surface area contributed by atoms with Gasteiger partial charge >= 0.3 is 12.1 Å². The van der Waals surface area contributed by atoms with Crippen LogP contribution in [0.4, 0.5) is 13.2 Å². The number of aryl methyl sites for hydroxylation is 2. The molecule has 3 aromatic rings. The van der Waals surface area contributed by atoms with Crippen LogP contribution >= 0.6 is 0 Å². The van der Waals surface area contributed by atoms with Gasteiger partial charge in [0.1, 0.15) is 5.82 Å². The molecule has 0 aliphatic heterocycles. The molecule has 0 aliphatic carbocycles. The second-order valence-corrected chi connectivity index (χ2v) is 5.36. The van der Waals surface area contributed by atoms with Crippen molar-refractivity contribution < 1.29 is 17.7 Å². The fourth-order valence-electron chi connectivity index (χ4n) is 2.38. The van der Waals surface area contributed by atoms with Crippen molar-refractivity contribution in [2.75, 3.05) is 0 Å². The van der Waals surface area contributed by atoms with Crippen LogP contribution in [-0.2, 0) is 12.6 Å². The lowest BCUT2D eigenvalue weighted by Gasteiger charge is -2.06. The molecule has 130 valence electrons. The summed E-state index contributed by atoms with van der Waals surface area (Å²) in [5, 5.41) is 3.33. The van der Waals surface area contributed by atoms with Gasteiger partial charge < -0.3 is 9.51 Å². The molecule has 0 aliphatic rings. The Kier molecular flexibility index (Phi) is 4.11. The second kappa shape index (κ2) is 6.11. The van der Waals surface area contributed by atoms with Crippen LogP contribution in [0.2, 0.25) is 0 Å². The number of hydrogen-bond donors (Lipinski definition) is 1. The maximum atomic E-state index is 12.6. The number of aromatic amines is 1. The summed E-state index contributed by atoms with van der Waals surface area (Å²) >= 11 is 0. The van der Waals surface area contributed by atoms with Crippen molar-refractivity contribution in [2.45, 2.75) is 26.4 Å². The molecule has 1 N–H and O–H groups in total. The third-order valence-corrected chi connectivity index (χ3v) is 3.34. The SMILES string of the molecule is Cc1cc(C)nc(Cc2c(-c3noc(C(F)(F)F)n3)cc[nH]c2=O)n1. The average molecular weight is 351 g/mol. The third-order valence-electron chi connectivity index (χ3n) is 3.34. The highest BCUT2D eigenvalue weighted by Crippen LogP contribution is 2.29. The lowest BCUT2D eigenvalue weighted by molar-refractivity contribution is -0.159. The molecule has 0 saturated carbocycles. The number of hydrogen-bond acceptors (Lipinski definition) is 6. The Morgan fingerprint density at radius 1 is 1.16 bits per heavy atom. The highest BCUT2D eigenvalue weighted by Gasteiger charge is 2.38. The van der Waals surface area contributed by atoms with Gasteiger partial charge in [0.25, 0.3) is 5.56 Å². The maximum absolute atomic E-state index is 12.6. The number of nitrogens with one attached hydrogen (secondary N) is 1. The van der Waals surface area contributed by atoms with E-state index in [2.05, 4.69) is 29.6 Å². The first kappa shape index (κ1) is 16.8. The number of rotatable bonds is 3. The predicted molar refractivity (Wildman–Crippen MR) is 79.7 cm³/mol. The highest BCUT2D eigenvalue weighted by atomic mass is 19.4. The van der Waals surface area contributed by atoms with Gasteiger partial charge in [-0.25, -0.2) is 9.97 Å². The molecule has 25 heavy (non-hydrogen) atoms. The molecule has 0 fully saturated rings. The zero-order chi connectivity index (χ0) is 18.2. The van der Waals surface area contributed by atoms with Crippen LogP contribution in [0.1, 0.15) is 28.7 Å². The molecule has 10 heteroatoms. The van der Waals surface area contributed by atoms with Crippen LogP contribution in [0, 0.1) is 13.8 Å². The van der Waals surface area contributed by atoms with Gasteiger partial charge in [0.15, 0.2) is 0 Å². The van der Waals surface area contributed by atoms with Crippen molar-refractivity contribution in [1.29, 1.82) is 0 Å². The van der Waals surface area contributed by atoms with Crippen molar-refractivity contribution in [3.05, 3.63) is 57.3 Å². The van der Waals surface area contributed by atoms with Gasteiger partial charge in [0.2, 0.25) is 5.82 Å². The molecule has 3 heterocycles. The first-order valence-corrected chi connectivity index (χ1v) is 7.17. The van der Waals surface area contributed by atoms with Crippen LogP contribution in [-0.4, -0.2) is 25.1 Å². The van der Waals surface area contributed by atoms with E-state index in [-0.39, 0.29) is 23.4 Å². The van der Waals surface area contributed by atoms with E-state index in [4.69, 9.17) is 0 Å². The second-order valence-electron chi connectivity index (χ2n) is 5.36. The summed E-state index contributed by atoms with van der Waals surface area (Å²) in [6.45, 7) is 3.56. The monoisotopic (exact) mass is 351 g/mol. The van der Waals surface area contributed by atoms with Crippen molar-refractivity contribution in [3.8, 4) is 11.4 Å². The van der Waals surface area contributed by atoms with Gasteiger partial charge in [0.05, 0.1) is 0 Å². The fourth-order valence-corrected chi connectivity index (χ4v) is 2.38. The Morgan fingerprint density at radius 2 is 1.84 bits per heavy atom. The minimum absolute atomic E-state index is 0.0178. The summed E-state index contributed by atoms with van der Waals surface area (Å²) in [6.07, 6.45) is -3.44. The minimum Gasteiger partial charge on any atom is -0.329 e. The first-order valence-electron chi connectivity index (χ1n) is 7.17. The minimum atomic E-state index is -4.76. The fraction of sp³-hybridized carbons (Fsp3) is 0.267. The molecule has 7 nitrogen and oxygen atoms in total. The van der Waals surface area contributed by atoms with Gasteiger partial charge in [-0.1, -0.05) is 5.16 Å². The van der Waals surface area contributed by atoms with E-state index in [1.165, 1.54) is 12.3 Å². The van der Waals surface area contributed by atoms with Gasteiger partial charge in [-0.05, 0) is 26.0 Å². The van der Waals surface area contributed by atoms with Gasteiger partial charge in [-0.3, -0.25) is 4.79 Å². The molecule has 0 amide bonds. The molecule has 0 bridgehead atoms. The Balaban J connectivity index is 2.06. The number of nitrogens with zero attached hydrogens (tertiary/aromatic N) is 4. The largest absolute Gasteiger partial charge is 0.471 e. The average Bonchev–Trinajstić information content (AvgIpc) is 2.98. The van der Waals surface area contributed by atoms with Crippen molar-refractivity contribution in [1.82, 2.24) is 25.1 Å². The lowest BCUT2D eigenvalue weighted by atomic mass is 10.1. The molecular weight excluding hydrogens is 339 g/mol. The standard InChI is InChI=1S/C15H12F3N5O2/c1-7-5-8(2)21-11(20-7)6-10-9(3-4-19-13(10)24)12-22-14(25-23-12)15(16,17)18/h3-5H,6H2,1-2H3,(H,19,24). The van der Waals surface area contributed by atoms with Crippen LogP contribution in [0.5, 0.6) is 0 Å². The van der Waals surface area contributed by atoms with Gasteiger partial charge in [-0.2, -0.15) is 18.2 Å². The van der Waals surface area contributed by atoms with Crippen molar-refractivity contribution in [2.24, 2.45) is 0 Å². The smallest absolute Gasteiger partial charge is 0.329 e. The van der Waals surface area contributed by atoms with E-state index in [0.29, 0.717) is 5.82 Å². The number of H-pyrrole nitrogens is 1. The number of halogens is 3. The van der Waals surface area contributed by atoms with E-state index >= 15 is 0 Å². The van der Waals surface area contributed by atoms with Crippen LogP contribution in [0.15, 0.2) is 27.6 Å². The zero-order valence-electron chi connectivity index (χ0n) is 13.2. The van der Waals surface area contributed by atoms with E-state index in [9.17, 15) is 18.0 Å². The van der Waals surface area contributed by atoms with Gasteiger partial charge in [0, 0.05) is 35.1 Å². The number of alkyl halides is 3. The Morgan fingerprint density at radius 3 is 2.44 bits per heavy atom. The predicted octanol–water partition coefficient (Wildman–Crippen LogP) is 2.44. The topological polar surface area (TPSA) is 97.6 Å². The Hall–Kier alpha value is -3.04. The van der Waals surface area contributed by atoms with Crippen LogP contribution < -0.4 is 5.56 Å². The van der Waals surface area contributed by atoms with Crippen molar-refractivity contribution >= 4 is 0 Å². The van der Waals surface area contributed by atoms with E-state index in [0.717, 1.165) is 11.4 Å². The lowest BCUT2D eigenvalue weighted by Crippen LogP contribution is -2.16. The maximum Gasteiger partial charge on any atom is 0.471 e. The molecule has 3 aromatic heterocycles. The third kappa shape index (κ3) is 3.57. The summed E-state index contributed by atoms with van der Waals surface area (Å²) in [7, 11) is 0. The summed E-state index contributed by atoms with van der Waals surface area (Å²) in [6, 6.07) is 3.18. The summed E-state index contributed by atoms with van der Waals surface area (Å²) < 4.78 is 42.2. The summed E-state index contributed by atoms with van der Waals surface area (Å²) in [5.74, 6) is -1.43. The number of pyridine rings is 1. The van der Waals surface area contributed by atoms with Crippen LogP contribution in [0.3, 0.4) is 0 Å². The first-order chi connectivity index (χ1) is 11.7. The summed E-state index contributed by atoms with van der Waals surface area (Å²) in [4.78, 5) is 26.5. The molecule has 0 unspecified atom stereocenters. The number of aromatic nitrogens is 5. The normalized spacial score (nSPS) is 11.7. The van der Waals surface area contributed by atoms with Crippen LogP contribution in [0.25, 0.3) is 11.4 Å². The molecule has 0 spiro atoms. The molecule has 0 radical (unpaired) electrons. The van der Waals surface area contributed by atoms with Gasteiger partial charge in [-0.15, -0.1) is 0 Å². The van der Waals surface area contributed by atoms with E-state index in [1.54, 1.807) is 19.9 Å². The summed E-state index contributed by atoms with van der Waals surface area (Å²) in [5.41, 5.74) is 1.23. The molecular formula is C15H12F3N5O2. The van der Waals surface area contributed by atoms with Crippen molar-refractivity contribution in [3.63, 3.8) is 0 Å². The Labute approximate surface area is 139 Å². The van der Waals surface area contributed by atoms with E-state index < -0.39 is 17.6 Å². The zero-order valence-corrected chi connectivity index (χ0v) is 13.2. The van der Waals surface area contributed by atoms with E-state index in [1.807, 2.05) is 0 Å². The highest BCUT2D eigenvalue weighted by molar-refractivity contribution is 5.59. The molecule has 0 saturated heterocycles. The molecule has 0 aromatic carbocycles. The molecule has 3 rings (SSSR count).